The molecule has 1 aromatic carbocycles. The van der Waals surface area contributed by atoms with Crippen molar-refractivity contribution >= 4 is 11.6 Å². The van der Waals surface area contributed by atoms with Crippen LogP contribution in [-0.4, -0.2) is 10.7 Å². The summed E-state index contributed by atoms with van der Waals surface area (Å²) in [4.78, 5) is 21.8. The van der Waals surface area contributed by atoms with E-state index in [1.54, 1.807) is 18.2 Å². The molecule has 0 aliphatic carbocycles. The lowest BCUT2D eigenvalue weighted by Gasteiger charge is -1.82. The van der Waals surface area contributed by atoms with Gasteiger partial charge >= 0.3 is 5.91 Å². The van der Waals surface area contributed by atoms with Crippen LogP contribution in [0.5, 0.6) is 0 Å². The number of para-hydroxylation sites is 1. The van der Waals surface area contributed by atoms with E-state index < -0.39 is 0 Å². The van der Waals surface area contributed by atoms with E-state index in [1.165, 1.54) is 0 Å². The summed E-state index contributed by atoms with van der Waals surface area (Å²) in [6.07, 6.45) is 0.250. The molecule has 0 spiro atoms. The van der Waals surface area contributed by atoms with Crippen molar-refractivity contribution in [3.05, 3.63) is 34.7 Å². The second-order valence-electron chi connectivity index (χ2n) is 2.49. The van der Waals surface area contributed by atoms with Gasteiger partial charge in [-0.3, -0.25) is 0 Å². The van der Waals surface area contributed by atoms with E-state index in [0.29, 0.717) is 10.4 Å². The summed E-state index contributed by atoms with van der Waals surface area (Å²) in [6.45, 7) is 0. The van der Waals surface area contributed by atoms with Gasteiger partial charge in [0.2, 0.25) is 0 Å². The number of amides is 1. The molecule has 54 valence electrons. The maximum Gasteiger partial charge on any atom is 0.444 e. The Balaban J connectivity index is 2.64. The highest BCUT2D eigenvalue weighted by atomic mass is 16.3. The quantitative estimate of drug-likeness (QED) is 0.518. The smallest absolute Gasteiger partial charge is 0.214 e. The van der Waals surface area contributed by atoms with Gasteiger partial charge in [-0.05, 0) is 0 Å². The van der Waals surface area contributed by atoms with Crippen LogP contribution >= 0.6 is 0 Å². The third-order valence-corrected chi connectivity index (χ3v) is 1.78. The van der Waals surface area contributed by atoms with Gasteiger partial charge in [-0.1, -0.05) is 18.2 Å². The molecule has 0 fully saturated rings. The molecule has 11 heavy (non-hydrogen) atoms. The van der Waals surface area contributed by atoms with E-state index >= 15 is 0 Å². The number of fused-ring (bicyclic) bond motifs is 1. The summed E-state index contributed by atoms with van der Waals surface area (Å²) < 4.78 is 0.454. The standard InChI is InChI=1S/C8H6NO2/c10-8-5-6-3-1-2-4-7(6)9(8)11/h1-4H,5H2/q+1. The van der Waals surface area contributed by atoms with Crippen LogP contribution in [0.25, 0.3) is 0 Å². The van der Waals surface area contributed by atoms with Crippen LogP contribution in [0.3, 0.4) is 0 Å². The molecule has 3 heteroatoms. The van der Waals surface area contributed by atoms with Gasteiger partial charge in [0.05, 0.1) is 0 Å². The predicted octanol–water partition coefficient (Wildman–Crippen LogP) is 1.18. The first-order chi connectivity index (χ1) is 5.29. The third kappa shape index (κ3) is 0.774. The van der Waals surface area contributed by atoms with E-state index in [-0.39, 0.29) is 12.3 Å². The van der Waals surface area contributed by atoms with E-state index in [9.17, 15) is 9.70 Å². The molecule has 0 saturated heterocycles. The molecule has 0 N–H and O–H groups in total. The van der Waals surface area contributed by atoms with Crippen molar-refractivity contribution in [2.45, 2.75) is 6.42 Å². The van der Waals surface area contributed by atoms with Crippen LogP contribution in [0.2, 0.25) is 0 Å². The van der Waals surface area contributed by atoms with Gasteiger partial charge in [0.15, 0.2) is 0 Å². The number of nitrogens with zero attached hydrogens (tertiary/aromatic N) is 1. The second kappa shape index (κ2) is 1.99. The fourth-order valence-corrected chi connectivity index (χ4v) is 1.23. The first-order valence-electron chi connectivity index (χ1n) is 3.37. The highest BCUT2D eigenvalue weighted by molar-refractivity contribution is 5.79. The van der Waals surface area contributed by atoms with Crippen LogP contribution < -0.4 is 0 Å². The SMILES string of the molecule is O=C1Cc2ccccc2[N+]1=O. The Morgan fingerprint density at radius 3 is 2.73 bits per heavy atom. The lowest BCUT2D eigenvalue weighted by molar-refractivity contribution is -0.379. The molecule has 1 aliphatic rings. The van der Waals surface area contributed by atoms with E-state index in [4.69, 9.17) is 0 Å². The molecule has 1 aliphatic heterocycles. The van der Waals surface area contributed by atoms with Gasteiger partial charge in [0.25, 0.3) is 5.69 Å². The first-order valence-corrected chi connectivity index (χ1v) is 3.37. The number of nitroso groups, excluding NO2 is 1. The third-order valence-electron chi connectivity index (χ3n) is 1.78. The maximum absolute atomic E-state index is 11.0. The van der Waals surface area contributed by atoms with Crippen molar-refractivity contribution in [1.29, 1.82) is 0 Å². The summed E-state index contributed by atoms with van der Waals surface area (Å²) in [6, 6.07) is 7.03. The second-order valence-corrected chi connectivity index (χ2v) is 2.49. The van der Waals surface area contributed by atoms with Gasteiger partial charge < -0.3 is 0 Å². The van der Waals surface area contributed by atoms with E-state index in [2.05, 4.69) is 0 Å². The van der Waals surface area contributed by atoms with Gasteiger partial charge in [-0.15, -0.1) is 0 Å². The van der Waals surface area contributed by atoms with E-state index in [1.807, 2.05) is 6.07 Å². The van der Waals surface area contributed by atoms with Crippen LogP contribution in [0.4, 0.5) is 5.69 Å². The number of carbonyl (C=O) groups is 1. The van der Waals surface area contributed by atoms with Gasteiger partial charge in [0, 0.05) is 16.5 Å². The zero-order chi connectivity index (χ0) is 7.84. The topological polar surface area (TPSA) is 37.1 Å². The van der Waals surface area contributed by atoms with Crippen molar-refractivity contribution in [1.82, 2.24) is 0 Å². The molecule has 0 bridgehead atoms. The lowest BCUT2D eigenvalue weighted by atomic mass is 10.2. The Hall–Kier alpha value is -1.51. The average Bonchev–Trinajstić information content (AvgIpc) is 2.30. The summed E-state index contributed by atoms with van der Waals surface area (Å²) >= 11 is 0. The fraction of sp³-hybridized carbons (Fsp3) is 0.125. The lowest BCUT2D eigenvalue weighted by Crippen LogP contribution is -2.05. The van der Waals surface area contributed by atoms with Crippen LogP contribution in [0.1, 0.15) is 5.56 Å². The number of benzene rings is 1. The molecule has 0 saturated carbocycles. The molecule has 0 unspecified atom stereocenters. The monoisotopic (exact) mass is 148 g/mol. The van der Waals surface area contributed by atoms with Gasteiger partial charge in [0.1, 0.15) is 11.2 Å². The molecule has 1 aromatic rings. The predicted molar refractivity (Wildman–Crippen MR) is 38.4 cm³/mol. The molecule has 0 aromatic heterocycles. The van der Waals surface area contributed by atoms with Crippen LogP contribution in [0, 0.1) is 4.91 Å². The van der Waals surface area contributed by atoms with Gasteiger partial charge in [-0.25, -0.2) is 4.79 Å². The summed E-state index contributed by atoms with van der Waals surface area (Å²) in [5.74, 6) is -0.369. The number of hydrogen-bond acceptors (Lipinski definition) is 2. The zero-order valence-corrected chi connectivity index (χ0v) is 5.78. The minimum absolute atomic E-state index is 0.250. The van der Waals surface area contributed by atoms with Crippen molar-refractivity contribution in [2.75, 3.05) is 0 Å². The number of carbonyl (C=O) groups excluding carboxylic acids is 1. The maximum atomic E-state index is 11.0. The first kappa shape index (κ1) is 6.22. The normalized spacial score (nSPS) is 15.3. The molecule has 1 amide bonds. The van der Waals surface area contributed by atoms with E-state index in [0.717, 1.165) is 5.56 Å². The largest absolute Gasteiger partial charge is 0.444 e. The Morgan fingerprint density at radius 1 is 1.27 bits per heavy atom. The van der Waals surface area contributed by atoms with Crippen molar-refractivity contribution in [2.24, 2.45) is 0 Å². The Labute approximate surface area is 63.2 Å². The molecule has 2 rings (SSSR count). The molecule has 0 radical (unpaired) electrons. The minimum Gasteiger partial charge on any atom is -0.214 e. The summed E-state index contributed by atoms with van der Waals surface area (Å²) in [5.41, 5.74) is 1.32. The molecule has 1 heterocycles. The summed E-state index contributed by atoms with van der Waals surface area (Å²) in [5, 5.41) is 0. The fourth-order valence-electron chi connectivity index (χ4n) is 1.23. The van der Waals surface area contributed by atoms with Crippen molar-refractivity contribution in [3.63, 3.8) is 0 Å². The van der Waals surface area contributed by atoms with Crippen LogP contribution in [-0.2, 0) is 11.2 Å². The highest BCUT2D eigenvalue weighted by Gasteiger charge is 2.36. The molecule has 3 nitrogen and oxygen atoms in total. The van der Waals surface area contributed by atoms with Crippen molar-refractivity contribution < 1.29 is 9.55 Å². The molecular formula is C8H6NO2+. The summed E-state index contributed by atoms with van der Waals surface area (Å²) in [7, 11) is 0. The van der Waals surface area contributed by atoms with Gasteiger partial charge in [-0.2, -0.15) is 0 Å². The number of hydrogen-bond donors (Lipinski definition) is 0. The average molecular weight is 148 g/mol. The highest BCUT2D eigenvalue weighted by Crippen LogP contribution is 2.25. The molecular weight excluding hydrogens is 142 g/mol. The number of rotatable bonds is 0. The minimum atomic E-state index is -0.369. The van der Waals surface area contributed by atoms with Crippen molar-refractivity contribution in [3.8, 4) is 0 Å². The Kier molecular flexibility index (Phi) is 1.12. The molecule has 0 atom stereocenters. The Bertz CT molecular complexity index is 344. The van der Waals surface area contributed by atoms with Crippen LogP contribution in [0.15, 0.2) is 24.3 Å². The Morgan fingerprint density at radius 2 is 2.00 bits per heavy atom. The zero-order valence-electron chi connectivity index (χ0n) is 5.78.